The Kier molecular flexibility index (Phi) is 3.64. The van der Waals surface area contributed by atoms with E-state index < -0.39 is 12.1 Å². The molecule has 0 aliphatic heterocycles. The Balaban J connectivity index is 2.10. The second-order valence-corrected chi connectivity index (χ2v) is 4.26. The number of fused-ring (bicyclic) bond motifs is 1. The van der Waals surface area contributed by atoms with Crippen molar-refractivity contribution >= 4 is 16.9 Å². The lowest BCUT2D eigenvalue weighted by Crippen LogP contribution is -2.43. The lowest BCUT2D eigenvalue weighted by Gasteiger charge is -2.14. The molecule has 0 aliphatic rings. The van der Waals surface area contributed by atoms with E-state index in [1.54, 1.807) is 13.0 Å². The second kappa shape index (κ2) is 5.20. The summed E-state index contributed by atoms with van der Waals surface area (Å²) in [5.41, 5.74) is 6.79. The van der Waals surface area contributed by atoms with E-state index in [9.17, 15) is 9.90 Å². The van der Waals surface area contributed by atoms with Crippen LogP contribution in [-0.4, -0.2) is 29.7 Å². The van der Waals surface area contributed by atoms with Gasteiger partial charge in [0.25, 0.3) is 5.91 Å². The topological polar surface area (TPSA) is 88.5 Å². The molecule has 5 heteroatoms. The maximum absolute atomic E-state index is 11.9. The van der Waals surface area contributed by atoms with Gasteiger partial charge in [-0.15, -0.1) is 0 Å². The molecule has 2 aromatic rings. The molecule has 0 bridgehead atoms. The van der Waals surface area contributed by atoms with Crippen LogP contribution in [0.3, 0.4) is 0 Å². The number of carbonyl (C=O) groups excluding carboxylic acids is 1. The number of rotatable bonds is 4. The standard InChI is InChI=1S/C13H16N2O3/c1-8(16)11(14)6-15-13(17)10-7-18-12-5-3-2-4-9(10)12/h2-5,7-8,11,16H,6,14H2,1H3,(H,15,17). The molecule has 1 heterocycles. The monoisotopic (exact) mass is 248 g/mol. The third kappa shape index (κ3) is 2.52. The van der Waals surface area contributed by atoms with Crippen LogP contribution in [0.5, 0.6) is 0 Å². The molecule has 1 amide bonds. The van der Waals surface area contributed by atoms with Gasteiger partial charge in [0.1, 0.15) is 11.8 Å². The van der Waals surface area contributed by atoms with E-state index in [1.165, 1.54) is 6.26 Å². The number of aliphatic hydroxyl groups excluding tert-OH is 1. The van der Waals surface area contributed by atoms with Crippen molar-refractivity contribution in [1.82, 2.24) is 5.32 Å². The highest BCUT2D eigenvalue weighted by atomic mass is 16.3. The van der Waals surface area contributed by atoms with Gasteiger partial charge in [-0.3, -0.25) is 4.79 Å². The van der Waals surface area contributed by atoms with Crippen LogP contribution in [0.25, 0.3) is 11.0 Å². The molecule has 0 spiro atoms. The van der Waals surface area contributed by atoms with Gasteiger partial charge >= 0.3 is 0 Å². The predicted octanol–water partition coefficient (Wildman–Crippen LogP) is 0.871. The highest BCUT2D eigenvalue weighted by Crippen LogP contribution is 2.20. The van der Waals surface area contributed by atoms with Gasteiger partial charge in [0, 0.05) is 18.0 Å². The first-order valence-electron chi connectivity index (χ1n) is 5.77. The number of carbonyl (C=O) groups is 1. The molecule has 4 N–H and O–H groups in total. The molecule has 0 saturated carbocycles. The van der Waals surface area contributed by atoms with Crippen molar-refractivity contribution in [2.45, 2.75) is 19.1 Å². The van der Waals surface area contributed by atoms with Crippen LogP contribution >= 0.6 is 0 Å². The Hall–Kier alpha value is -1.85. The summed E-state index contributed by atoms with van der Waals surface area (Å²) in [5, 5.41) is 12.7. The zero-order valence-electron chi connectivity index (χ0n) is 10.1. The third-order valence-electron chi connectivity index (χ3n) is 2.84. The van der Waals surface area contributed by atoms with Crippen LogP contribution in [0, 0.1) is 0 Å². The Morgan fingerprint density at radius 3 is 2.94 bits per heavy atom. The number of benzene rings is 1. The fourth-order valence-corrected chi connectivity index (χ4v) is 1.63. The minimum Gasteiger partial charge on any atom is -0.463 e. The minimum absolute atomic E-state index is 0.218. The van der Waals surface area contributed by atoms with Crippen LogP contribution in [0.1, 0.15) is 17.3 Å². The second-order valence-electron chi connectivity index (χ2n) is 4.26. The highest BCUT2D eigenvalue weighted by Gasteiger charge is 2.15. The molecule has 2 rings (SSSR count). The average Bonchev–Trinajstić information content (AvgIpc) is 2.79. The van der Waals surface area contributed by atoms with Gasteiger partial charge in [-0.2, -0.15) is 0 Å². The first-order chi connectivity index (χ1) is 8.59. The molecule has 96 valence electrons. The molecule has 2 atom stereocenters. The van der Waals surface area contributed by atoms with Crippen LogP contribution in [0.4, 0.5) is 0 Å². The fraction of sp³-hybridized carbons (Fsp3) is 0.308. The van der Waals surface area contributed by atoms with Gasteiger partial charge in [-0.1, -0.05) is 18.2 Å². The van der Waals surface area contributed by atoms with Crippen molar-refractivity contribution in [3.05, 3.63) is 36.1 Å². The number of nitrogens with one attached hydrogen (secondary N) is 1. The lowest BCUT2D eigenvalue weighted by atomic mass is 10.1. The molecule has 1 aromatic carbocycles. The summed E-state index contributed by atoms with van der Waals surface area (Å²) in [5.74, 6) is -0.254. The maximum atomic E-state index is 11.9. The molecule has 5 nitrogen and oxygen atoms in total. The number of aliphatic hydroxyl groups is 1. The summed E-state index contributed by atoms with van der Waals surface area (Å²) < 4.78 is 5.28. The summed E-state index contributed by atoms with van der Waals surface area (Å²) in [7, 11) is 0. The number of hydrogen-bond donors (Lipinski definition) is 3. The molecule has 0 radical (unpaired) electrons. The first-order valence-corrected chi connectivity index (χ1v) is 5.77. The van der Waals surface area contributed by atoms with Gasteiger partial charge in [-0.25, -0.2) is 0 Å². The summed E-state index contributed by atoms with van der Waals surface area (Å²) in [6.45, 7) is 1.81. The number of hydrogen-bond acceptors (Lipinski definition) is 4. The van der Waals surface area contributed by atoms with Crippen molar-refractivity contribution in [3.8, 4) is 0 Å². The summed E-state index contributed by atoms with van der Waals surface area (Å²) in [4.78, 5) is 11.9. The van der Waals surface area contributed by atoms with Crippen molar-refractivity contribution in [2.24, 2.45) is 5.73 Å². The number of amides is 1. The summed E-state index contributed by atoms with van der Waals surface area (Å²) in [6, 6.07) is 6.83. The molecule has 0 aliphatic carbocycles. The van der Waals surface area contributed by atoms with Crippen LogP contribution in [0.2, 0.25) is 0 Å². The van der Waals surface area contributed by atoms with Gasteiger partial charge in [0.2, 0.25) is 0 Å². The highest BCUT2D eigenvalue weighted by molar-refractivity contribution is 6.05. The van der Waals surface area contributed by atoms with Crippen molar-refractivity contribution in [3.63, 3.8) is 0 Å². The number of nitrogens with two attached hydrogens (primary N) is 1. The van der Waals surface area contributed by atoms with Crippen LogP contribution in [0.15, 0.2) is 34.9 Å². The molecule has 18 heavy (non-hydrogen) atoms. The van der Waals surface area contributed by atoms with Crippen LogP contribution < -0.4 is 11.1 Å². The molecule has 0 saturated heterocycles. The van der Waals surface area contributed by atoms with E-state index in [0.29, 0.717) is 11.1 Å². The third-order valence-corrected chi connectivity index (χ3v) is 2.84. The molecule has 2 unspecified atom stereocenters. The Labute approximate surface area is 105 Å². The predicted molar refractivity (Wildman–Crippen MR) is 68.2 cm³/mol. The van der Waals surface area contributed by atoms with E-state index in [2.05, 4.69) is 5.32 Å². The van der Waals surface area contributed by atoms with Gasteiger partial charge < -0.3 is 20.6 Å². The number of furan rings is 1. The van der Waals surface area contributed by atoms with Gasteiger partial charge in [-0.05, 0) is 13.0 Å². The average molecular weight is 248 g/mol. The Morgan fingerprint density at radius 1 is 1.50 bits per heavy atom. The normalized spacial score (nSPS) is 14.4. The lowest BCUT2D eigenvalue weighted by molar-refractivity contribution is 0.0938. The zero-order valence-corrected chi connectivity index (χ0v) is 10.1. The Morgan fingerprint density at radius 2 is 2.22 bits per heavy atom. The van der Waals surface area contributed by atoms with Crippen molar-refractivity contribution in [2.75, 3.05) is 6.54 Å². The van der Waals surface area contributed by atoms with Gasteiger partial charge in [0.15, 0.2) is 0 Å². The summed E-state index contributed by atoms with van der Waals surface area (Å²) >= 11 is 0. The molecule has 1 aromatic heterocycles. The SMILES string of the molecule is CC(O)C(N)CNC(=O)c1coc2ccccc12. The minimum atomic E-state index is -0.661. The van der Waals surface area contributed by atoms with E-state index in [-0.39, 0.29) is 12.5 Å². The van der Waals surface area contributed by atoms with Crippen LogP contribution in [-0.2, 0) is 0 Å². The molecular formula is C13H16N2O3. The van der Waals surface area contributed by atoms with E-state index >= 15 is 0 Å². The summed E-state index contributed by atoms with van der Waals surface area (Å²) in [6.07, 6.45) is 0.764. The maximum Gasteiger partial charge on any atom is 0.255 e. The molecular weight excluding hydrogens is 232 g/mol. The van der Waals surface area contributed by atoms with E-state index in [4.69, 9.17) is 10.2 Å². The van der Waals surface area contributed by atoms with E-state index in [1.807, 2.05) is 18.2 Å². The fourth-order valence-electron chi connectivity index (χ4n) is 1.63. The first kappa shape index (κ1) is 12.6. The van der Waals surface area contributed by atoms with Gasteiger partial charge in [0.05, 0.1) is 11.7 Å². The number of para-hydroxylation sites is 1. The zero-order chi connectivity index (χ0) is 13.1. The van der Waals surface area contributed by atoms with E-state index in [0.717, 1.165) is 5.39 Å². The molecule has 0 fully saturated rings. The Bertz CT molecular complexity index is 548. The smallest absolute Gasteiger partial charge is 0.255 e. The van der Waals surface area contributed by atoms with Crippen molar-refractivity contribution < 1.29 is 14.3 Å². The quantitative estimate of drug-likeness (QED) is 0.749. The largest absolute Gasteiger partial charge is 0.463 e. The van der Waals surface area contributed by atoms with Crippen molar-refractivity contribution in [1.29, 1.82) is 0 Å².